The van der Waals surface area contributed by atoms with Crippen LogP contribution in [0.1, 0.15) is 26.2 Å². The van der Waals surface area contributed by atoms with Gasteiger partial charge in [0, 0.05) is 6.42 Å². The van der Waals surface area contributed by atoms with Crippen molar-refractivity contribution in [2.75, 3.05) is 0 Å². The molecule has 11 heavy (non-hydrogen) atoms. The molecule has 0 atom stereocenters. The van der Waals surface area contributed by atoms with Gasteiger partial charge in [-0.15, -0.1) is 0 Å². The molecule has 0 fully saturated rings. The summed E-state index contributed by atoms with van der Waals surface area (Å²) in [6, 6.07) is 0. The van der Waals surface area contributed by atoms with Crippen LogP contribution in [0.5, 0.6) is 0 Å². The second-order valence-electron chi connectivity index (χ2n) is 1.50. The van der Waals surface area contributed by atoms with Crippen molar-refractivity contribution >= 4 is 132 Å². The summed E-state index contributed by atoms with van der Waals surface area (Å²) in [6.07, 6.45) is 2.08. The Balaban J connectivity index is -0.0000000300. The van der Waals surface area contributed by atoms with Crippen molar-refractivity contribution in [2.45, 2.75) is 26.2 Å². The van der Waals surface area contributed by atoms with E-state index in [1.54, 1.807) is 0 Å². The van der Waals surface area contributed by atoms with Crippen LogP contribution in [-0.4, -0.2) is 137 Å². The Morgan fingerprint density at radius 1 is 1.27 bits per heavy atom. The van der Waals surface area contributed by atoms with Crippen molar-refractivity contribution < 1.29 is 9.90 Å². The molecule has 0 aromatic heterocycles. The molecule has 0 heterocycles. The second kappa shape index (κ2) is 23.5. The SMILES string of the molecule is CCCCC(=O)O.[CaH2].[NaH].[NaH].[NaH]. The quantitative estimate of drug-likeness (QED) is 0.577. The van der Waals surface area contributed by atoms with Gasteiger partial charge in [-0.2, -0.15) is 0 Å². The van der Waals surface area contributed by atoms with Gasteiger partial charge in [-0.05, 0) is 6.42 Å². The fourth-order valence-corrected chi connectivity index (χ4v) is 0.328. The Morgan fingerprint density at radius 3 is 1.73 bits per heavy atom. The van der Waals surface area contributed by atoms with Crippen LogP contribution in [0.2, 0.25) is 0 Å². The number of aliphatic carboxylic acids is 1. The Hall–Kier alpha value is 3.73. The van der Waals surface area contributed by atoms with Crippen molar-refractivity contribution in [1.82, 2.24) is 0 Å². The molecular weight excluding hydrogens is 201 g/mol. The normalized spacial score (nSPS) is 5.55. The van der Waals surface area contributed by atoms with E-state index in [-0.39, 0.29) is 126 Å². The summed E-state index contributed by atoms with van der Waals surface area (Å²) in [5, 5.41) is 8.04. The molecule has 1 N–H and O–H groups in total. The van der Waals surface area contributed by atoms with Gasteiger partial charge in [-0.1, -0.05) is 13.3 Å². The zero-order valence-corrected chi connectivity index (χ0v) is 4.48. The molecule has 0 saturated carbocycles. The van der Waals surface area contributed by atoms with Gasteiger partial charge < -0.3 is 5.11 Å². The van der Waals surface area contributed by atoms with E-state index in [2.05, 4.69) is 0 Å². The fraction of sp³-hybridized carbons (Fsp3) is 0.800. The third kappa shape index (κ3) is 31.6. The third-order valence-corrected chi connectivity index (χ3v) is 0.744. The first-order valence-electron chi connectivity index (χ1n) is 2.49. The molecule has 0 aliphatic carbocycles. The molecule has 0 spiro atoms. The van der Waals surface area contributed by atoms with E-state index in [0.29, 0.717) is 6.42 Å². The summed E-state index contributed by atoms with van der Waals surface area (Å²) in [4.78, 5) is 9.76. The predicted octanol–water partition coefficient (Wildman–Crippen LogP) is -1.60. The van der Waals surface area contributed by atoms with Crippen LogP contribution in [0.25, 0.3) is 0 Å². The van der Waals surface area contributed by atoms with Crippen LogP contribution in [0.15, 0.2) is 0 Å². The monoisotopic (exact) mass is 216 g/mol. The molecule has 0 unspecified atom stereocenters. The van der Waals surface area contributed by atoms with Gasteiger partial charge in [-0.3, -0.25) is 4.79 Å². The molecule has 52 valence electrons. The molecule has 0 aliphatic rings. The minimum absolute atomic E-state index is 0. The molecule has 2 nitrogen and oxygen atoms in total. The molecule has 0 bridgehead atoms. The van der Waals surface area contributed by atoms with Gasteiger partial charge in [0.05, 0.1) is 0 Å². The molecular formula is C5H15CaNa3O2. The standard InChI is InChI=1S/C5H10O2.Ca.3Na.5H/c1-2-3-4-5(6)7;;;;;;;;;/h2-4H2,1H3,(H,6,7);;;;;;;;;. The predicted molar refractivity (Wildman–Crippen MR) is 57.2 cm³/mol. The van der Waals surface area contributed by atoms with E-state index in [9.17, 15) is 4.79 Å². The maximum absolute atomic E-state index is 9.76. The third-order valence-electron chi connectivity index (χ3n) is 0.744. The molecule has 0 radical (unpaired) electrons. The number of rotatable bonds is 3. The summed E-state index contributed by atoms with van der Waals surface area (Å²) >= 11 is 0. The Morgan fingerprint density at radius 2 is 1.64 bits per heavy atom. The fourth-order valence-electron chi connectivity index (χ4n) is 0.328. The van der Waals surface area contributed by atoms with Crippen molar-refractivity contribution in [3.05, 3.63) is 0 Å². The summed E-state index contributed by atoms with van der Waals surface area (Å²) in [5.74, 6) is -0.693. The first-order valence-corrected chi connectivity index (χ1v) is 2.49. The van der Waals surface area contributed by atoms with Crippen LogP contribution >= 0.6 is 0 Å². The summed E-state index contributed by atoms with van der Waals surface area (Å²) in [5.41, 5.74) is 0. The Labute approximate surface area is 165 Å². The van der Waals surface area contributed by atoms with E-state index in [0.717, 1.165) is 12.8 Å². The number of hydrogen-bond acceptors (Lipinski definition) is 1. The van der Waals surface area contributed by atoms with E-state index < -0.39 is 5.97 Å². The van der Waals surface area contributed by atoms with E-state index >= 15 is 0 Å². The first-order chi connectivity index (χ1) is 3.27. The zero-order chi connectivity index (χ0) is 5.70. The molecule has 0 amide bonds. The average molecular weight is 216 g/mol. The number of carboxylic acids is 1. The van der Waals surface area contributed by atoms with Crippen molar-refractivity contribution in [3.63, 3.8) is 0 Å². The number of carboxylic acid groups (broad SMARTS) is 1. The number of carbonyl (C=O) groups is 1. The van der Waals surface area contributed by atoms with Gasteiger partial charge in [0.25, 0.3) is 0 Å². The molecule has 0 aromatic rings. The van der Waals surface area contributed by atoms with Crippen LogP contribution in [0.3, 0.4) is 0 Å². The van der Waals surface area contributed by atoms with Gasteiger partial charge in [0.15, 0.2) is 0 Å². The molecule has 0 saturated heterocycles. The zero-order valence-electron chi connectivity index (χ0n) is 4.48. The molecule has 0 aromatic carbocycles. The van der Waals surface area contributed by atoms with Crippen LogP contribution in [-0.2, 0) is 4.79 Å². The molecule has 6 heteroatoms. The summed E-state index contributed by atoms with van der Waals surface area (Å²) in [6.45, 7) is 1.98. The van der Waals surface area contributed by atoms with Crippen LogP contribution in [0.4, 0.5) is 0 Å². The molecule has 0 rings (SSSR count). The Kier molecular flexibility index (Phi) is 62.7. The minimum atomic E-state index is -0.693. The number of unbranched alkanes of at least 4 members (excludes halogenated alkanes) is 1. The second-order valence-corrected chi connectivity index (χ2v) is 1.50. The maximum atomic E-state index is 9.76. The Bertz CT molecular complexity index is 72.7. The van der Waals surface area contributed by atoms with Crippen molar-refractivity contribution in [2.24, 2.45) is 0 Å². The van der Waals surface area contributed by atoms with Gasteiger partial charge >= 0.3 is 132 Å². The van der Waals surface area contributed by atoms with Crippen LogP contribution < -0.4 is 0 Å². The summed E-state index contributed by atoms with van der Waals surface area (Å²) < 4.78 is 0. The van der Waals surface area contributed by atoms with Gasteiger partial charge in [0.1, 0.15) is 0 Å². The van der Waals surface area contributed by atoms with Crippen molar-refractivity contribution in [1.29, 1.82) is 0 Å². The van der Waals surface area contributed by atoms with Gasteiger partial charge in [0.2, 0.25) is 0 Å². The van der Waals surface area contributed by atoms with E-state index in [4.69, 9.17) is 5.11 Å². The molecule has 0 aliphatic heterocycles. The first kappa shape index (κ1) is 29.3. The van der Waals surface area contributed by atoms with Gasteiger partial charge in [-0.25, -0.2) is 0 Å². The average Bonchev–Trinajstić information content (AvgIpc) is 1.61. The van der Waals surface area contributed by atoms with Crippen molar-refractivity contribution in [3.8, 4) is 0 Å². The number of hydrogen-bond donors (Lipinski definition) is 1. The summed E-state index contributed by atoms with van der Waals surface area (Å²) in [7, 11) is 0. The van der Waals surface area contributed by atoms with E-state index in [1.165, 1.54) is 0 Å². The van der Waals surface area contributed by atoms with Crippen LogP contribution in [0, 0.1) is 0 Å². The van der Waals surface area contributed by atoms with E-state index in [1.807, 2.05) is 6.92 Å². The topological polar surface area (TPSA) is 37.3 Å².